The molecule has 1 aliphatic heterocycles. The average molecular weight is 319 g/mol. The number of likely N-dealkylation sites (N-methyl/N-ethyl adjacent to an activating group) is 1. The number of carbonyl (C=O) groups is 1. The van der Waals surface area contributed by atoms with Gasteiger partial charge in [-0.05, 0) is 12.8 Å². The van der Waals surface area contributed by atoms with Gasteiger partial charge in [-0.1, -0.05) is 0 Å². The Morgan fingerprint density at radius 1 is 1.36 bits per heavy atom. The lowest BCUT2D eigenvalue weighted by atomic mass is 9.85. The maximum absolute atomic E-state index is 12.8. The first kappa shape index (κ1) is 15.2. The Labute approximate surface area is 134 Å². The van der Waals surface area contributed by atoms with Crippen LogP contribution in [0, 0.1) is 0 Å². The third kappa shape index (κ3) is 2.78. The molecule has 3 rings (SSSR count). The van der Waals surface area contributed by atoms with E-state index in [2.05, 4.69) is 14.9 Å². The highest BCUT2D eigenvalue weighted by Gasteiger charge is 2.43. The molecule has 2 aromatic rings. The Hall–Kier alpha value is -1.73. The van der Waals surface area contributed by atoms with Crippen LogP contribution in [0.5, 0.6) is 0 Å². The molecule has 3 heterocycles. The van der Waals surface area contributed by atoms with Crippen molar-refractivity contribution in [2.24, 2.45) is 0 Å². The average Bonchev–Trinajstić information content (AvgIpc) is 3.21. The van der Waals surface area contributed by atoms with Gasteiger partial charge in [0.25, 0.3) is 0 Å². The van der Waals surface area contributed by atoms with Crippen LogP contribution in [0.15, 0.2) is 30.3 Å². The first-order chi connectivity index (χ1) is 10.6. The molecule has 2 aromatic heterocycles. The highest BCUT2D eigenvalue weighted by Crippen LogP contribution is 2.32. The molecule has 22 heavy (non-hydrogen) atoms. The summed E-state index contributed by atoms with van der Waals surface area (Å²) in [6.07, 6.45) is 8.84. The number of hydrogen-bond donors (Lipinski definition) is 0. The van der Waals surface area contributed by atoms with Gasteiger partial charge in [-0.15, -0.1) is 11.3 Å². The molecule has 0 unspecified atom stereocenters. The van der Waals surface area contributed by atoms with E-state index in [1.807, 2.05) is 36.4 Å². The van der Waals surface area contributed by atoms with Gasteiger partial charge in [0.2, 0.25) is 5.91 Å². The van der Waals surface area contributed by atoms with E-state index in [9.17, 15) is 4.79 Å². The van der Waals surface area contributed by atoms with E-state index in [4.69, 9.17) is 0 Å². The van der Waals surface area contributed by atoms with Crippen LogP contribution in [-0.2, 0) is 16.9 Å². The minimum atomic E-state index is -0.501. The smallest absolute Gasteiger partial charge is 0.248 e. The maximum Gasteiger partial charge on any atom is 0.248 e. The maximum atomic E-state index is 12.8. The number of hydrogen-bond acceptors (Lipinski definition) is 5. The van der Waals surface area contributed by atoms with Gasteiger partial charge in [-0.2, -0.15) is 0 Å². The van der Waals surface area contributed by atoms with Crippen LogP contribution >= 0.6 is 11.3 Å². The summed E-state index contributed by atoms with van der Waals surface area (Å²) in [5.74, 6) is 0.152. The predicted molar refractivity (Wildman–Crippen MR) is 85.5 cm³/mol. The fourth-order valence-electron chi connectivity index (χ4n) is 3.11. The van der Waals surface area contributed by atoms with Crippen LogP contribution in [0.3, 0.4) is 0 Å². The van der Waals surface area contributed by atoms with Crippen molar-refractivity contribution in [1.82, 2.24) is 24.3 Å². The summed E-state index contributed by atoms with van der Waals surface area (Å²) in [5.41, 5.74) is -0.501. The largest absolute Gasteiger partial charge is 0.347 e. The molecule has 1 saturated heterocycles. The van der Waals surface area contributed by atoms with E-state index in [0.717, 1.165) is 37.5 Å². The number of amides is 1. The van der Waals surface area contributed by atoms with Gasteiger partial charge in [-0.25, -0.2) is 9.97 Å². The second kappa shape index (κ2) is 6.18. The quantitative estimate of drug-likeness (QED) is 0.855. The first-order valence-electron chi connectivity index (χ1n) is 7.43. The summed E-state index contributed by atoms with van der Waals surface area (Å²) in [6.45, 7) is 2.64. The molecule has 0 saturated carbocycles. The summed E-state index contributed by atoms with van der Waals surface area (Å²) in [4.78, 5) is 25.3. The number of nitrogens with zero attached hydrogens (tertiary/aromatic N) is 5. The summed E-state index contributed by atoms with van der Waals surface area (Å²) in [6, 6.07) is 0. The van der Waals surface area contributed by atoms with Gasteiger partial charge in [0.05, 0.1) is 12.9 Å². The van der Waals surface area contributed by atoms with Crippen LogP contribution in [0.2, 0.25) is 0 Å². The van der Waals surface area contributed by atoms with Gasteiger partial charge in [0, 0.05) is 51.2 Å². The molecule has 1 fully saturated rings. The molecule has 0 radical (unpaired) electrons. The number of piperidine rings is 1. The zero-order valence-electron chi connectivity index (χ0n) is 13.0. The number of imidazole rings is 1. The molecular weight excluding hydrogens is 298 g/mol. The molecule has 0 aromatic carbocycles. The van der Waals surface area contributed by atoms with Crippen LogP contribution in [0.4, 0.5) is 0 Å². The normalized spacial score (nSPS) is 18.3. The Morgan fingerprint density at radius 2 is 2.14 bits per heavy atom. The Kier molecular flexibility index (Phi) is 4.26. The zero-order valence-corrected chi connectivity index (χ0v) is 13.8. The lowest BCUT2D eigenvalue weighted by Crippen LogP contribution is -2.54. The molecule has 0 spiro atoms. The molecule has 7 heteroatoms. The topological polar surface area (TPSA) is 54.3 Å². The third-order valence-electron chi connectivity index (χ3n) is 4.33. The van der Waals surface area contributed by atoms with Crippen molar-refractivity contribution in [2.45, 2.75) is 24.9 Å². The highest BCUT2D eigenvalue weighted by atomic mass is 32.1. The monoisotopic (exact) mass is 319 g/mol. The molecular formula is C15H21N5OS. The van der Waals surface area contributed by atoms with Crippen molar-refractivity contribution in [1.29, 1.82) is 0 Å². The number of aromatic nitrogens is 3. The predicted octanol–water partition coefficient (Wildman–Crippen LogP) is 1.42. The fraction of sp³-hybridized carbons (Fsp3) is 0.533. The minimum Gasteiger partial charge on any atom is -0.347 e. The zero-order chi connectivity index (χ0) is 15.6. The molecule has 0 atom stereocenters. The van der Waals surface area contributed by atoms with E-state index in [-0.39, 0.29) is 5.91 Å². The van der Waals surface area contributed by atoms with Gasteiger partial charge < -0.3 is 9.47 Å². The van der Waals surface area contributed by atoms with Crippen molar-refractivity contribution in [3.05, 3.63) is 35.3 Å². The van der Waals surface area contributed by atoms with Gasteiger partial charge in [0.15, 0.2) is 0 Å². The molecule has 0 aliphatic carbocycles. The minimum absolute atomic E-state index is 0.152. The summed E-state index contributed by atoms with van der Waals surface area (Å²) < 4.78 is 1.98. The number of rotatable bonds is 4. The highest BCUT2D eigenvalue weighted by molar-refractivity contribution is 7.09. The summed E-state index contributed by atoms with van der Waals surface area (Å²) >= 11 is 1.68. The number of likely N-dealkylation sites (tertiary alicyclic amines) is 1. The van der Waals surface area contributed by atoms with E-state index in [1.165, 1.54) is 0 Å². The Bertz CT molecular complexity index is 600. The third-order valence-corrected chi connectivity index (χ3v) is 5.09. The molecule has 0 N–H and O–H groups in total. The van der Waals surface area contributed by atoms with Gasteiger partial charge in [0.1, 0.15) is 10.5 Å². The van der Waals surface area contributed by atoms with Crippen LogP contribution in [0.25, 0.3) is 0 Å². The van der Waals surface area contributed by atoms with Gasteiger partial charge >= 0.3 is 0 Å². The van der Waals surface area contributed by atoms with Crippen molar-refractivity contribution in [3.63, 3.8) is 0 Å². The fourth-order valence-corrected chi connectivity index (χ4v) is 3.77. The SMILES string of the molecule is CN(C)C(=O)C1(n2ccnc2)CCN(Cc2nccs2)CC1. The lowest BCUT2D eigenvalue weighted by Gasteiger charge is -2.42. The van der Waals surface area contributed by atoms with Crippen LogP contribution in [0.1, 0.15) is 17.8 Å². The first-order valence-corrected chi connectivity index (χ1v) is 8.31. The second-order valence-electron chi connectivity index (χ2n) is 5.90. The van der Waals surface area contributed by atoms with Crippen LogP contribution < -0.4 is 0 Å². The van der Waals surface area contributed by atoms with Crippen LogP contribution in [-0.4, -0.2) is 57.4 Å². The Balaban J connectivity index is 1.75. The molecule has 1 amide bonds. The second-order valence-corrected chi connectivity index (χ2v) is 6.88. The van der Waals surface area contributed by atoms with Crippen molar-refractivity contribution < 1.29 is 4.79 Å². The lowest BCUT2D eigenvalue weighted by molar-refractivity contribution is -0.141. The number of carbonyl (C=O) groups excluding carboxylic acids is 1. The van der Waals surface area contributed by atoms with E-state index >= 15 is 0 Å². The van der Waals surface area contributed by atoms with E-state index in [1.54, 1.807) is 28.8 Å². The van der Waals surface area contributed by atoms with Gasteiger partial charge in [-0.3, -0.25) is 9.69 Å². The Morgan fingerprint density at radius 3 is 2.68 bits per heavy atom. The number of thiazole rings is 1. The standard InChI is InChI=1S/C15H21N5OS/c1-18(2)14(21)15(20-9-5-16-12-20)3-7-19(8-4-15)11-13-17-6-10-22-13/h5-6,9-10,12H,3-4,7-8,11H2,1-2H3. The molecule has 0 bridgehead atoms. The van der Waals surface area contributed by atoms with Crippen molar-refractivity contribution in [2.75, 3.05) is 27.2 Å². The van der Waals surface area contributed by atoms with Crippen molar-refractivity contribution in [3.8, 4) is 0 Å². The summed E-state index contributed by atoms with van der Waals surface area (Å²) in [7, 11) is 3.64. The van der Waals surface area contributed by atoms with E-state index in [0.29, 0.717) is 0 Å². The van der Waals surface area contributed by atoms with Crippen molar-refractivity contribution >= 4 is 17.2 Å². The molecule has 118 valence electrons. The molecule has 1 aliphatic rings. The van der Waals surface area contributed by atoms with E-state index < -0.39 is 5.54 Å². The molecule has 6 nitrogen and oxygen atoms in total. The summed E-state index contributed by atoms with van der Waals surface area (Å²) in [5, 5.41) is 3.14.